The van der Waals surface area contributed by atoms with Gasteiger partial charge in [0.2, 0.25) is 11.7 Å². The summed E-state index contributed by atoms with van der Waals surface area (Å²) in [6.45, 7) is 0.345. The Hall–Kier alpha value is -2.37. The van der Waals surface area contributed by atoms with Gasteiger partial charge in [0.25, 0.3) is 0 Å². The number of hydrogen-bond acceptors (Lipinski definition) is 5. The number of nitrogens with zero attached hydrogens (tertiary/aromatic N) is 1. The summed E-state index contributed by atoms with van der Waals surface area (Å²) in [5.41, 5.74) is 0.896. The first-order chi connectivity index (χ1) is 9.47. The molecular formula is C14H17NO5. The summed E-state index contributed by atoms with van der Waals surface area (Å²) in [6.07, 6.45) is -0.487. The molecule has 0 heterocycles. The Bertz CT molecular complexity index is 495. The Balaban J connectivity index is 2.56. The van der Waals surface area contributed by atoms with Gasteiger partial charge in [0.1, 0.15) is 5.75 Å². The van der Waals surface area contributed by atoms with Crippen molar-refractivity contribution < 1.29 is 23.9 Å². The summed E-state index contributed by atoms with van der Waals surface area (Å²) in [4.78, 5) is 35.4. The molecule has 6 nitrogen and oxygen atoms in total. The van der Waals surface area contributed by atoms with Crippen molar-refractivity contribution in [3.8, 4) is 5.75 Å². The van der Waals surface area contributed by atoms with E-state index in [9.17, 15) is 14.4 Å². The summed E-state index contributed by atoms with van der Waals surface area (Å²) in [5.74, 6) is -1.56. The van der Waals surface area contributed by atoms with Gasteiger partial charge < -0.3 is 14.4 Å². The molecule has 1 rings (SSSR count). The molecule has 0 atom stereocenters. The lowest BCUT2D eigenvalue weighted by molar-refractivity contribution is -0.153. The normalized spacial score (nSPS) is 9.75. The smallest absolute Gasteiger partial charge is 0.374 e. The molecular weight excluding hydrogens is 262 g/mol. The van der Waals surface area contributed by atoms with E-state index in [1.54, 1.807) is 26.3 Å². The van der Waals surface area contributed by atoms with Crippen molar-refractivity contribution in [3.05, 3.63) is 29.8 Å². The third kappa shape index (κ3) is 4.38. The number of carbonyl (C=O) groups is 3. The number of amides is 1. The molecule has 1 aromatic carbocycles. The van der Waals surface area contributed by atoms with E-state index in [1.807, 2.05) is 12.1 Å². The van der Waals surface area contributed by atoms with Gasteiger partial charge in [-0.2, -0.15) is 0 Å². The van der Waals surface area contributed by atoms with Crippen molar-refractivity contribution in [2.75, 3.05) is 21.3 Å². The van der Waals surface area contributed by atoms with Crippen LogP contribution in [0.1, 0.15) is 12.0 Å². The van der Waals surface area contributed by atoms with Crippen LogP contribution in [0.15, 0.2) is 24.3 Å². The minimum absolute atomic E-state index is 0.345. The molecule has 0 aliphatic heterocycles. The van der Waals surface area contributed by atoms with E-state index < -0.39 is 24.1 Å². The highest BCUT2D eigenvalue weighted by Crippen LogP contribution is 2.12. The lowest BCUT2D eigenvalue weighted by atomic mass is 10.2. The molecule has 20 heavy (non-hydrogen) atoms. The van der Waals surface area contributed by atoms with Crippen molar-refractivity contribution in [1.82, 2.24) is 4.90 Å². The Morgan fingerprint density at radius 2 is 1.70 bits per heavy atom. The van der Waals surface area contributed by atoms with Crippen LogP contribution in [0.5, 0.6) is 5.75 Å². The van der Waals surface area contributed by atoms with Crippen LogP contribution in [0.2, 0.25) is 0 Å². The topological polar surface area (TPSA) is 72.9 Å². The number of Topliss-reactive ketones (excluding diaryl/α,β-unsaturated/α-hetero) is 1. The maximum Gasteiger partial charge on any atom is 0.374 e. The van der Waals surface area contributed by atoms with E-state index in [1.165, 1.54) is 4.90 Å². The van der Waals surface area contributed by atoms with Crippen LogP contribution in [0, 0.1) is 0 Å². The minimum Gasteiger partial charge on any atom is -0.497 e. The molecule has 108 valence electrons. The molecule has 0 saturated carbocycles. The van der Waals surface area contributed by atoms with E-state index >= 15 is 0 Å². The number of rotatable bonds is 6. The van der Waals surface area contributed by atoms with Gasteiger partial charge in [0, 0.05) is 13.6 Å². The molecule has 1 amide bonds. The predicted molar refractivity (Wildman–Crippen MR) is 71.1 cm³/mol. The molecule has 0 fully saturated rings. The third-order valence-corrected chi connectivity index (χ3v) is 2.73. The first-order valence-electron chi connectivity index (χ1n) is 5.96. The fraction of sp³-hybridized carbons (Fsp3) is 0.357. The molecule has 0 N–H and O–H groups in total. The number of benzene rings is 1. The van der Waals surface area contributed by atoms with Crippen molar-refractivity contribution >= 4 is 17.7 Å². The molecule has 0 unspecified atom stereocenters. The number of hydrogen-bond donors (Lipinski definition) is 0. The highest BCUT2D eigenvalue weighted by atomic mass is 16.5. The largest absolute Gasteiger partial charge is 0.497 e. The Labute approximate surface area is 117 Å². The number of esters is 1. The number of carbonyl (C=O) groups excluding carboxylic acids is 3. The average Bonchev–Trinajstić information content (AvgIpc) is 2.46. The zero-order chi connectivity index (χ0) is 15.1. The monoisotopic (exact) mass is 279 g/mol. The van der Waals surface area contributed by atoms with Crippen LogP contribution < -0.4 is 4.74 Å². The van der Waals surface area contributed by atoms with Gasteiger partial charge in [-0.25, -0.2) is 4.79 Å². The van der Waals surface area contributed by atoms with Gasteiger partial charge in [-0.1, -0.05) is 12.1 Å². The molecule has 0 aromatic heterocycles. The average molecular weight is 279 g/mol. The summed E-state index contributed by atoms with van der Waals surface area (Å²) in [5, 5.41) is 0. The standard InChI is InChI=1S/C14H17NO5/c1-15(13(17)8-12(16)14(18)20-3)9-10-4-6-11(19-2)7-5-10/h4-7H,8-9H2,1-3H3. The predicted octanol–water partition coefficient (Wildman–Crippen LogP) is 0.786. The maximum atomic E-state index is 11.8. The lowest BCUT2D eigenvalue weighted by Crippen LogP contribution is -2.30. The van der Waals surface area contributed by atoms with E-state index in [0.29, 0.717) is 6.54 Å². The molecule has 0 aliphatic carbocycles. The van der Waals surface area contributed by atoms with Crippen LogP contribution in [0.4, 0.5) is 0 Å². The Morgan fingerprint density at radius 1 is 1.10 bits per heavy atom. The van der Waals surface area contributed by atoms with Crippen LogP contribution >= 0.6 is 0 Å². The van der Waals surface area contributed by atoms with Gasteiger partial charge in [-0.05, 0) is 17.7 Å². The van der Waals surface area contributed by atoms with E-state index in [0.717, 1.165) is 18.4 Å². The first kappa shape index (κ1) is 15.7. The highest BCUT2D eigenvalue weighted by Gasteiger charge is 2.20. The van der Waals surface area contributed by atoms with Gasteiger partial charge in [0.15, 0.2) is 0 Å². The van der Waals surface area contributed by atoms with Crippen LogP contribution in [0.3, 0.4) is 0 Å². The fourth-order valence-electron chi connectivity index (χ4n) is 1.55. The summed E-state index contributed by atoms with van der Waals surface area (Å²) in [6, 6.07) is 7.22. The van der Waals surface area contributed by atoms with Gasteiger partial charge in [-0.3, -0.25) is 9.59 Å². The minimum atomic E-state index is -1.00. The molecule has 0 aliphatic rings. The van der Waals surface area contributed by atoms with Crippen LogP contribution in [-0.4, -0.2) is 43.8 Å². The third-order valence-electron chi connectivity index (χ3n) is 2.73. The van der Waals surface area contributed by atoms with Gasteiger partial charge in [-0.15, -0.1) is 0 Å². The number of methoxy groups -OCH3 is 2. The lowest BCUT2D eigenvalue weighted by Gasteiger charge is -2.16. The Morgan fingerprint density at radius 3 is 2.20 bits per heavy atom. The van der Waals surface area contributed by atoms with Gasteiger partial charge >= 0.3 is 5.97 Å². The highest BCUT2D eigenvalue weighted by molar-refractivity contribution is 6.36. The van der Waals surface area contributed by atoms with Crippen LogP contribution in [0.25, 0.3) is 0 Å². The quantitative estimate of drug-likeness (QED) is 0.437. The second-order valence-electron chi connectivity index (χ2n) is 4.19. The molecule has 0 spiro atoms. The first-order valence-corrected chi connectivity index (χ1v) is 5.96. The molecule has 6 heteroatoms. The van der Waals surface area contributed by atoms with E-state index in [4.69, 9.17) is 4.74 Å². The zero-order valence-corrected chi connectivity index (χ0v) is 11.7. The second-order valence-corrected chi connectivity index (χ2v) is 4.19. The second kappa shape index (κ2) is 7.28. The number of ketones is 1. The molecule has 0 bridgehead atoms. The zero-order valence-electron chi connectivity index (χ0n) is 11.7. The summed E-state index contributed by atoms with van der Waals surface area (Å²) >= 11 is 0. The van der Waals surface area contributed by atoms with Crippen molar-refractivity contribution in [2.45, 2.75) is 13.0 Å². The molecule has 0 radical (unpaired) electrons. The molecule has 0 saturated heterocycles. The van der Waals surface area contributed by atoms with Crippen LogP contribution in [-0.2, 0) is 25.7 Å². The van der Waals surface area contributed by atoms with Crippen molar-refractivity contribution in [1.29, 1.82) is 0 Å². The van der Waals surface area contributed by atoms with E-state index in [2.05, 4.69) is 4.74 Å². The fourth-order valence-corrected chi connectivity index (χ4v) is 1.55. The van der Waals surface area contributed by atoms with Crippen molar-refractivity contribution in [3.63, 3.8) is 0 Å². The molecule has 1 aromatic rings. The van der Waals surface area contributed by atoms with Gasteiger partial charge in [0.05, 0.1) is 20.6 Å². The summed E-state index contributed by atoms with van der Waals surface area (Å²) < 4.78 is 9.30. The van der Waals surface area contributed by atoms with E-state index in [-0.39, 0.29) is 0 Å². The number of ether oxygens (including phenoxy) is 2. The summed E-state index contributed by atoms with van der Waals surface area (Å²) in [7, 11) is 4.24. The van der Waals surface area contributed by atoms with Crippen molar-refractivity contribution in [2.24, 2.45) is 0 Å². The maximum absolute atomic E-state index is 11.8. The Kier molecular flexibility index (Phi) is 5.71. The SMILES string of the molecule is COC(=O)C(=O)CC(=O)N(C)Cc1ccc(OC)cc1.